The van der Waals surface area contributed by atoms with Gasteiger partial charge in [-0.25, -0.2) is 8.78 Å². The molecule has 1 amide bonds. The monoisotopic (exact) mass is 343 g/mol. The summed E-state index contributed by atoms with van der Waals surface area (Å²) in [5, 5.41) is 6.81. The smallest absolute Gasteiger partial charge is 0.269 e. The van der Waals surface area contributed by atoms with Crippen molar-refractivity contribution in [3.8, 4) is 0 Å². The van der Waals surface area contributed by atoms with Crippen LogP contribution in [-0.4, -0.2) is 54.1 Å². The molecule has 24 heavy (non-hydrogen) atoms. The molecule has 1 aromatic rings. The van der Waals surface area contributed by atoms with Crippen molar-refractivity contribution >= 4 is 5.91 Å². The highest BCUT2D eigenvalue weighted by molar-refractivity contribution is 5.92. The zero-order valence-corrected chi connectivity index (χ0v) is 13.7. The van der Waals surface area contributed by atoms with Gasteiger partial charge in [0.2, 0.25) is 0 Å². The van der Waals surface area contributed by atoms with Crippen LogP contribution in [0.25, 0.3) is 0 Å². The van der Waals surface area contributed by atoms with Gasteiger partial charge in [-0.2, -0.15) is 5.10 Å². The molecule has 1 saturated carbocycles. The average Bonchev–Trinajstić information content (AvgIpc) is 3.02. The van der Waals surface area contributed by atoms with Gasteiger partial charge in [0.05, 0.1) is 6.10 Å². The molecule has 0 bridgehead atoms. The summed E-state index contributed by atoms with van der Waals surface area (Å²) in [5.41, 5.74) is 0.0506. The minimum absolute atomic E-state index is 0.0275. The first kappa shape index (κ1) is 17.3. The van der Waals surface area contributed by atoms with Gasteiger partial charge >= 0.3 is 0 Å². The van der Waals surface area contributed by atoms with Crippen LogP contribution in [0.4, 0.5) is 8.78 Å². The van der Waals surface area contributed by atoms with Gasteiger partial charge in [0.1, 0.15) is 12.2 Å². The maximum Gasteiger partial charge on any atom is 0.269 e. The molecule has 134 valence electrons. The molecule has 2 aliphatic rings. The Morgan fingerprint density at radius 2 is 2.29 bits per heavy atom. The van der Waals surface area contributed by atoms with Crippen LogP contribution >= 0.6 is 0 Å². The van der Waals surface area contributed by atoms with E-state index in [0.717, 1.165) is 23.9 Å². The molecule has 1 aliphatic heterocycles. The fourth-order valence-corrected chi connectivity index (χ4v) is 3.84. The number of hydrogen-bond donors (Lipinski definition) is 1. The Balaban J connectivity index is 1.69. The molecule has 1 aromatic heterocycles. The minimum Gasteiger partial charge on any atom is -0.381 e. The number of amides is 1. The Labute approximate surface area is 139 Å². The highest BCUT2D eigenvalue weighted by Crippen LogP contribution is 2.50. The van der Waals surface area contributed by atoms with Gasteiger partial charge in [0, 0.05) is 37.5 Å². The summed E-state index contributed by atoms with van der Waals surface area (Å²) in [5.74, 6) is -0.362. The molecule has 1 N–H and O–H groups in total. The lowest BCUT2D eigenvalue weighted by molar-refractivity contribution is -0.170. The SMILES string of the molecule is CCO[C@@H]1C[C@H](NC(=O)c2ccnn2CC(F)F)C12CCOCC2. The van der Waals surface area contributed by atoms with E-state index in [2.05, 4.69) is 10.4 Å². The van der Waals surface area contributed by atoms with Crippen molar-refractivity contribution in [3.63, 3.8) is 0 Å². The third kappa shape index (κ3) is 3.17. The van der Waals surface area contributed by atoms with E-state index in [4.69, 9.17) is 9.47 Å². The quantitative estimate of drug-likeness (QED) is 0.856. The topological polar surface area (TPSA) is 65.4 Å². The largest absolute Gasteiger partial charge is 0.381 e. The minimum atomic E-state index is -2.55. The van der Waals surface area contributed by atoms with Gasteiger partial charge in [-0.15, -0.1) is 0 Å². The van der Waals surface area contributed by atoms with Gasteiger partial charge in [0.15, 0.2) is 0 Å². The van der Waals surface area contributed by atoms with Gasteiger partial charge in [-0.05, 0) is 32.3 Å². The van der Waals surface area contributed by atoms with Crippen LogP contribution in [0.3, 0.4) is 0 Å². The Morgan fingerprint density at radius 3 is 2.96 bits per heavy atom. The molecule has 2 fully saturated rings. The summed E-state index contributed by atoms with van der Waals surface area (Å²) in [7, 11) is 0. The standard InChI is InChI=1S/C16H23F2N3O3/c1-2-24-13-9-12(16(13)4-7-23-8-5-16)20-15(22)11-3-6-19-21(11)10-14(17)18/h3,6,12-14H,2,4-5,7-10H2,1H3,(H,20,22)/t12-,13+/m0/s1. The fourth-order valence-electron chi connectivity index (χ4n) is 3.84. The second kappa shape index (κ2) is 7.14. The van der Waals surface area contributed by atoms with Gasteiger partial charge in [0.25, 0.3) is 12.3 Å². The summed E-state index contributed by atoms with van der Waals surface area (Å²) >= 11 is 0. The Hall–Kier alpha value is -1.54. The number of nitrogens with zero attached hydrogens (tertiary/aromatic N) is 2. The molecule has 0 aromatic carbocycles. The first-order valence-corrected chi connectivity index (χ1v) is 8.37. The highest BCUT2D eigenvalue weighted by atomic mass is 19.3. The molecule has 1 saturated heterocycles. The van der Waals surface area contributed by atoms with E-state index in [-0.39, 0.29) is 29.2 Å². The summed E-state index contributed by atoms with van der Waals surface area (Å²) in [4.78, 5) is 12.5. The normalized spacial score (nSPS) is 25.7. The van der Waals surface area contributed by atoms with E-state index in [1.165, 1.54) is 12.3 Å². The van der Waals surface area contributed by atoms with E-state index in [9.17, 15) is 13.6 Å². The number of halogens is 2. The number of rotatable bonds is 6. The van der Waals surface area contributed by atoms with Crippen LogP contribution in [0.5, 0.6) is 0 Å². The van der Waals surface area contributed by atoms with E-state index >= 15 is 0 Å². The Kier molecular flexibility index (Phi) is 5.15. The number of carbonyl (C=O) groups is 1. The molecule has 1 spiro atoms. The zero-order chi connectivity index (χ0) is 17.2. The number of hydrogen-bond acceptors (Lipinski definition) is 4. The fraction of sp³-hybridized carbons (Fsp3) is 0.750. The predicted molar refractivity (Wildman–Crippen MR) is 82.0 cm³/mol. The third-order valence-electron chi connectivity index (χ3n) is 5.14. The lowest BCUT2D eigenvalue weighted by atomic mass is 9.57. The number of ether oxygens (including phenoxy) is 2. The van der Waals surface area contributed by atoms with E-state index < -0.39 is 13.0 Å². The van der Waals surface area contributed by atoms with Crippen LogP contribution in [0.15, 0.2) is 12.3 Å². The number of nitrogens with one attached hydrogen (secondary N) is 1. The van der Waals surface area contributed by atoms with Crippen molar-refractivity contribution in [3.05, 3.63) is 18.0 Å². The molecule has 3 rings (SSSR count). The van der Waals surface area contributed by atoms with Crippen molar-refractivity contribution in [1.29, 1.82) is 0 Å². The van der Waals surface area contributed by atoms with Gasteiger partial charge in [-0.3, -0.25) is 9.48 Å². The first-order chi connectivity index (χ1) is 11.6. The van der Waals surface area contributed by atoms with Crippen LogP contribution in [0.2, 0.25) is 0 Å². The summed E-state index contributed by atoms with van der Waals surface area (Å²) < 4.78 is 37.5. The van der Waals surface area contributed by atoms with Crippen molar-refractivity contribution in [2.75, 3.05) is 19.8 Å². The van der Waals surface area contributed by atoms with E-state index in [0.29, 0.717) is 19.8 Å². The second-order valence-corrected chi connectivity index (χ2v) is 6.34. The molecule has 2 heterocycles. The number of carbonyl (C=O) groups excluding carboxylic acids is 1. The van der Waals surface area contributed by atoms with E-state index in [1.54, 1.807) is 0 Å². The van der Waals surface area contributed by atoms with Crippen LogP contribution in [0.1, 0.15) is 36.7 Å². The van der Waals surface area contributed by atoms with Crippen LogP contribution < -0.4 is 5.32 Å². The van der Waals surface area contributed by atoms with Crippen molar-refractivity contribution in [1.82, 2.24) is 15.1 Å². The van der Waals surface area contributed by atoms with Crippen molar-refractivity contribution < 1.29 is 23.0 Å². The van der Waals surface area contributed by atoms with Crippen molar-refractivity contribution in [2.45, 2.75) is 51.3 Å². The molecule has 0 radical (unpaired) electrons. The maximum atomic E-state index is 12.6. The Morgan fingerprint density at radius 1 is 1.54 bits per heavy atom. The number of aromatic nitrogens is 2. The molecule has 6 nitrogen and oxygen atoms in total. The summed E-state index contributed by atoms with van der Waals surface area (Å²) in [6.45, 7) is 3.32. The molecular weight excluding hydrogens is 320 g/mol. The first-order valence-electron chi connectivity index (χ1n) is 8.37. The zero-order valence-electron chi connectivity index (χ0n) is 13.7. The van der Waals surface area contributed by atoms with Gasteiger partial charge < -0.3 is 14.8 Å². The highest BCUT2D eigenvalue weighted by Gasteiger charge is 2.56. The predicted octanol–water partition coefficient (Wildman–Crippen LogP) is 1.85. The molecular formula is C16H23F2N3O3. The summed E-state index contributed by atoms with van der Waals surface area (Å²) in [6, 6.07) is 1.44. The molecule has 0 unspecified atom stereocenters. The van der Waals surface area contributed by atoms with Crippen LogP contribution in [-0.2, 0) is 16.0 Å². The summed E-state index contributed by atoms with van der Waals surface area (Å²) in [6.07, 6.45) is 1.33. The van der Waals surface area contributed by atoms with Crippen LogP contribution in [0, 0.1) is 5.41 Å². The maximum absolute atomic E-state index is 12.6. The lowest BCUT2D eigenvalue weighted by Gasteiger charge is -2.57. The number of alkyl halides is 2. The molecule has 2 atom stereocenters. The molecule has 1 aliphatic carbocycles. The van der Waals surface area contributed by atoms with Gasteiger partial charge in [-0.1, -0.05) is 0 Å². The average molecular weight is 343 g/mol. The lowest BCUT2D eigenvalue weighted by Crippen LogP contribution is -2.66. The molecule has 8 heteroatoms. The van der Waals surface area contributed by atoms with E-state index in [1.807, 2.05) is 6.92 Å². The third-order valence-corrected chi connectivity index (χ3v) is 5.14. The second-order valence-electron chi connectivity index (χ2n) is 6.34. The Bertz CT molecular complexity index is 573. The van der Waals surface area contributed by atoms with Crippen molar-refractivity contribution in [2.24, 2.45) is 5.41 Å².